The Balaban J connectivity index is 0.00000288. The number of hydrogen-bond acceptors (Lipinski definition) is 5. The van der Waals surface area contributed by atoms with Gasteiger partial charge in [-0.2, -0.15) is 0 Å². The Morgan fingerprint density at radius 1 is 1.42 bits per heavy atom. The van der Waals surface area contributed by atoms with Gasteiger partial charge in [-0.15, -0.1) is 12.4 Å². The van der Waals surface area contributed by atoms with E-state index in [4.69, 9.17) is 4.74 Å². The van der Waals surface area contributed by atoms with Gasteiger partial charge >= 0.3 is 5.97 Å². The van der Waals surface area contributed by atoms with E-state index in [-0.39, 0.29) is 41.6 Å². The van der Waals surface area contributed by atoms with E-state index in [0.29, 0.717) is 19.4 Å². The third-order valence-corrected chi connectivity index (χ3v) is 5.14. The summed E-state index contributed by atoms with van der Waals surface area (Å²) in [6.07, 6.45) is 1.31. The molecule has 1 saturated heterocycles. The van der Waals surface area contributed by atoms with Gasteiger partial charge in [0.2, 0.25) is 10.0 Å². The molecule has 0 amide bonds. The maximum atomic E-state index is 13.7. The van der Waals surface area contributed by atoms with Gasteiger partial charge in [0.25, 0.3) is 0 Å². The van der Waals surface area contributed by atoms with Crippen molar-refractivity contribution in [3.63, 3.8) is 0 Å². The molecule has 1 fully saturated rings. The topological polar surface area (TPSA) is 84.5 Å². The van der Waals surface area contributed by atoms with Crippen LogP contribution < -0.4 is 10.0 Å². The number of benzene rings is 1. The van der Waals surface area contributed by atoms with Crippen molar-refractivity contribution in [2.24, 2.45) is 0 Å². The first-order chi connectivity index (χ1) is 10.8. The first-order valence-corrected chi connectivity index (χ1v) is 9.03. The lowest BCUT2D eigenvalue weighted by molar-refractivity contribution is 0.0525. The van der Waals surface area contributed by atoms with Gasteiger partial charge in [-0.3, -0.25) is 0 Å². The first kappa shape index (κ1) is 20.8. The van der Waals surface area contributed by atoms with Crippen molar-refractivity contribution < 1.29 is 22.3 Å². The summed E-state index contributed by atoms with van der Waals surface area (Å²) in [7, 11) is -3.90. The summed E-state index contributed by atoms with van der Waals surface area (Å²) < 4.78 is 45.9. The van der Waals surface area contributed by atoms with E-state index in [0.717, 1.165) is 18.2 Å². The number of carbonyl (C=O) groups is 1. The van der Waals surface area contributed by atoms with Crippen molar-refractivity contribution in [2.75, 3.05) is 13.2 Å². The molecule has 24 heavy (non-hydrogen) atoms. The number of carbonyl (C=O) groups excluding carboxylic acids is 1. The molecule has 136 valence electrons. The summed E-state index contributed by atoms with van der Waals surface area (Å²) in [6, 6.07) is 2.98. The highest BCUT2D eigenvalue weighted by Gasteiger charge is 2.25. The fourth-order valence-corrected chi connectivity index (χ4v) is 3.92. The van der Waals surface area contributed by atoms with Crippen molar-refractivity contribution in [2.45, 2.75) is 43.7 Å². The van der Waals surface area contributed by atoms with Crippen LogP contribution in [0.4, 0.5) is 4.39 Å². The third-order valence-electron chi connectivity index (χ3n) is 3.64. The highest BCUT2D eigenvalue weighted by molar-refractivity contribution is 7.89. The Hall–Kier alpha value is -1.22. The van der Waals surface area contributed by atoms with Crippen molar-refractivity contribution in [1.29, 1.82) is 0 Å². The fraction of sp³-hybridized carbons (Fsp3) is 0.533. The van der Waals surface area contributed by atoms with E-state index in [1.807, 2.05) is 6.92 Å². The summed E-state index contributed by atoms with van der Waals surface area (Å²) in [6.45, 7) is 4.43. The van der Waals surface area contributed by atoms with Gasteiger partial charge in [-0.25, -0.2) is 22.3 Å². The second-order valence-corrected chi connectivity index (χ2v) is 7.31. The van der Waals surface area contributed by atoms with Crippen LogP contribution in [0.25, 0.3) is 0 Å². The molecule has 0 spiro atoms. The van der Waals surface area contributed by atoms with Gasteiger partial charge in [0.1, 0.15) is 5.82 Å². The largest absolute Gasteiger partial charge is 0.462 e. The fourth-order valence-electron chi connectivity index (χ4n) is 2.58. The number of hydrogen-bond donors (Lipinski definition) is 2. The SMILES string of the molecule is CCOC(=O)c1cc(F)cc(S(=O)(=O)NC2CCNC(C)C2)c1.Cl. The average molecular weight is 381 g/mol. The number of esters is 1. The summed E-state index contributed by atoms with van der Waals surface area (Å²) in [4.78, 5) is 11.4. The summed E-state index contributed by atoms with van der Waals surface area (Å²) >= 11 is 0. The minimum absolute atomic E-state index is 0. The number of sulfonamides is 1. The summed E-state index contributed by atoms with van der Waals surface area (Å²) in [5.74, 6) is -1.55. The maximum absolute atomic E-state index is 13.7. The molecule has 2 N–H and O–H groups in total. The molecular weight excluding hydrogens is 359 g/mol. The zero-order valence-electron chi connectivity index (χ0n) is 13.5. The predicted molar refractivity (Wildman–Crippen MR) is 90.4 cm³/mol. The Bertz CT molecular complexity index is 684. The van der Waals surface area contributed by atoms with Crippen LogP contribution >= 0.6 is 12.4 Å². The van der Waals surface area contributed by atoms with Crippen molar-refractivity contribution in [3.8, 4) is 0 Å². The maximum Gasteiger partial charge on any atom is 0.338 e. The molecule has 2 atom stereocenters. The number of piperidine rings is 1. The van der Waals surface area contributed by atoms with Crippen molar-refractivity contribution in [3.05, 3.63) is 29.6 Å². The molecule has 0 radical (unpaired) electrons. The Kier molecular flexibility index (Phi) is 7.59. The molecule has 0 bridgehead atoms. The zero-order chi connectivity index (χ0) is 17.0. The molecule has 0 aromatic heterocycles. The highest BCUT2D eigenvalue weighted by atomic mass is 35.5. The van der Waals surface area contributed by atoms with Crippen LogP contribution in [-0.2, 0) is 14.8 Å². The Morgan fingerprint density at radius 3 is 2.75 bits per heavy atom. The van der Waals surface area contributed by atoms with E-state index in [1.165, 1.54) is 0 Å². The van der Waals surface area contributed by atoms with Crippen LogP contribution in [0, 0.1) is 5.82 Å². The monoisotopic (exact) mass is 380 g/mol. The smallest absolute Gasteiger partial charge is 0.338 e. The first-order valence-electron chi connectivity index (χ1n) is 7.55. The number of halogens is 2. The quantitative estimate of drug-likeness (QED) is 0.761. The highest BCUT2D eigenvalue weighted by Crippen LogP contribution is 2.18. The molecule has 1 aliphatic heterocycles. The number of nitrogens with one attached hydrogen (secondary N) is 2. The van der Waals surface area contributed by atoms with E-state index in [2.05, 4.69) is 10.0 Å². The molecule has 1 heterocycles. The van der Waals surface area contributed by atoms with Crippen molar-refractivity contribution in [1.82, 2.24) is 10.0 Å². The number of ether oxygens (including phenoxy) is 1. The lowest BCUT2D eigenvalue weighted by Crippen LogP contribution is -2.46. The molecule has 6 nitrogen and oxygen atoms in total. The lowest BCUT2D eigenvalue weighted by Gasteiger charge is -2.28. The Labute approximate surface area is 147 Å². The van der Waals surface area contributed by atoms with Crippen LogP contribution in [0.3, 0.4) is 0 Å². The van der Waals surface area contributed by atoms with Gasteiger partial charge < -0.3 is 10.1 Å². The standard InChI is InChI=1S/C15H21FN2O4S.ClH/c1-3-22-15(19)11-7-12(16)9-14(8-11)23(20,21)18-13-4-5-17-10(2)6-13;/h7-10,13,17-18H,3-6H2,1-2H3;1H. The van der Waals surface area contributed by atoms with Crippen LogP contribution in [0.5, 0.6) is 0 Å². The molecule has 1 aromatic rings. The summed E-state index contributed by atoms with van der Waals surface area (Å²) in [5, 5.41) is 3.23. The van der Waals surface area contributed by atoms with Crippen LogP contribution in [-0.4, -0.2) is 39.6 Å². The van der Waals surface area contributed by atoms with Gasteiger partial charge in [-0.05, 0) is 51.4 Å². The van der Waals surface area contributed by atoms with Crippen LogP contribution in [0.1, 0.15) is 37.0 Å². The molecular formula is C15H22ClFN2O4S. The summed E-state index contributed by atoms with van der Waals surface area (Å²) in [5.41, 5.74) is -0.120. The van der Waals surface area contributed by atoms with E-state index >= 15 is 0 Å². The second kappa shape index (κ2) is 8.75. The van der Waals surface area contributed by atoms with E-state index in [1.54, 1.807) is 6.92 Å². The van der Waals surface area contributed by atoms with Gasteiger partial charge in [0.05, 0.1) is 17.1 Å². The van der Waals surface area contributed by atoms with E-state index in [9.17, 15) is 17.6 Å². The lowest BCUT2D eigenvalue weighted by atomic mass is 10.0. The molecule has 2 unspecified atom stereocenters. The molecule has 2 rings (SSSR count). The number of rotatable bonds is 5. The van der Waals surface area contributed by atoms with Crippen LogP contribution in [0.2, 0.25) is 0 Å². The van der Waals surface area contributed by atoms with Crippen molar-refractivity contribution >= 4 is 28.4 Å². The van der Waals surface area contributed by atoms with Gasteiger partial charge in [-0.1, -0.05) is 0 Å². The molecule has 0 saturated carbocycles. The molecule has 0 aliphatic carbocycles. The minimum atomic E-state index is -3.90. The zero-order valence-corrected chi connectivity index (χ0v) is 15.2. The normalized spacial score (nSPS) is 21.0. The van der Waals surface area contributed by atoms with Gasteiger partial charge in [0.15, 0.2) is 0 Å². The Morgan fingerprint density at radius 2 is 2.12 bits per heavy atom. The second-order valence-electron chi connectivity index (χ2n) is 5.59. The predicted octanol–water partition coefficient (Wildman–Crippen LogP) is 1.84. The molecule has 1 aromatic carbocycles. The van der Waals surface area contributed by atoms with E-state index < -0.39 is 21.8 Å². The molecule has 9 heteroatoms. The van der Waals surface area contributed by atoms with Crippen LogP contribution in [0.15, 0.2) is 23.1 Å². The molecule has 1 aliphatic rings. The average Bonchev–Trinajstić information content (AvgIpc) is 2.46. The minimum Gasteiger partial charge on any atom is -0.462 e. The third kappa shape index (κ3) is 5.41. The van der Waals surface area contributed by atoms with Gasteiger partial charge in [0, 0.05) is 12.1 Å².